The Balaban J connectivity index is 2.06. The molecule has 2 N–H and O–H groups in total. The van der Waals surface area contributed by atoms with Crippen LogP contribution >= 0.6 is 0 Å². The van der Waals surface area contributed by atoms with Gasteiger partial charge in [-0.2, -0.15) is 0 Å². The lowest BCUT2D eigenvalue weighted by molar-refractivity contribution is 0.0469. The van der Waals surface area contributed by atoms with E-state index in [2.05, 4.69) is 10.3 Å². The van der Waals surface area contributed by atoms with E-state index in [1.165, 1.54) is 0 Å². The van der Waals surface area contributed by atoms with Gasteiger partial charge in [-0.1, -0.05) is 17.3 Å². The lowest BCUT2D eigenvalue weighted by Gasteiger charge is -2.07. The zero-order valence-corrected chi connectivity index (χ0v) is 10.3. The molecule has 1 aromatic carbocycles. The van der Waals surface area contributed by atoms with Crippen molar-refractivity contribution in [2.24, 2.45) is 7.05 Å². The van der Waals surface area contributed by atoms with Crippen molar-refractivity contribution in [2.75, 3.05) is 5.73 Å². The summed E-state index contributed by atoms with van der Waals surface area (Å²) in [6.07, 6.45) is 1.69. The smallest absolute Gasteiger partial charge is 0.340 e. The highest BCUT2D eigenvalue weighted by molar-refractivity contribution is 5.95. The van der Waals surface area contributed by atoms with Gasteiger partial charge in [0.05, 0.1) is 11.8 Å². The lowest BCUT2D eigenvalue weighted by Crippen LogP contribution is -2.09. The van der Waals surface area contributed by atoms with Crippen molar-refractivity contribution in [1.29, 1.82) is 0 Å². The molecule has 0 radical (unpaired) electrons. The molecule has 0 aliphatic rings. The number of nitrogens with zero attached hydrogens (tertiary/aromatic N) is 3. The van der Waals surface area contributed by atoms with Gasteiger partial charge in [-0.15, -0.1) is 5.10 Å². The summed E-state index contributed by atoms with van der Waals surface area (Å²) in [6, 6.07) is 5.25. The highest BCUT2D eigenvalue weighted by Crippen LogP contribution is 2.17. The van der Waals surface area contributed by atoms with Gasteiger partial charge in [-0.25, -0.2) is 4.79 Å². The van der Waals surface area contributed by atoms with Gasteiger partial charge < -0.3 is 10.5 Å². The molecule has 0 unspecified atom stereocenters. The molecular weight excluding hydrogens is 232 g/mol. The highest BCUT2D eigenvalue weighted by Gasteiger charge is 2.13. The molecule has 18 heavy (non-hydrogen) atoms. The summed E-state index contributed by atoms with van der Waals surface area (Å²) < 4.78 is 6.67. The lowest BCUT2D eigenvalue weighted by atomic mass is 10.1. The Kier molecular flexibility index (Phi) is 3.27. The second-order valence-corrected chi connectivity index (χ2v) is 4.00. The van der Waals surface area contributed by atoms with Crippen LogP contribution in [0.25, 0.3) is 0 Å². The molecule has 0 bridgehead atoms. The minimum absolute atomic E-state index is 0.0834. The number of hydrogen-bond donors (Lipinski definition) is 1. The van der Waals surface area contributed by atoms with Crippen LogP contribution in [0.5, 0.6) is 0 Å². The number of aromatic nitrogens is 3. The fraction of sp³-hybridized carbons (Fsp3) is 0.250. The van der Waals surface area contributed by atoms with E-state index < -0.39 is 5.97 Å². The Morgan fingerprint density at radius 3 is 2.94 bits per heavy atom. The van der Waals surface area contributed by atoms with Crippen molar-refractivity contribution >= 4 is 11.7 Å². The summed E-state index contributed by atoms with van der Waals surface area (Å²) in [6.45, 7) is 1.93. The minimum Gasteiger partial charge on any atom is -0.455 e. The van der Waals surface area contributed by atoms with Crippen LogP contribution in [0.4, 0.5) is 5.69 Å². The maximum absolute atomic E-state index is 11.8. The highest BCUT2D eigenvalue weighted by atomic mass is 16.5. The van der Waals surface area contributed by atoms with Gasteiger partial charge in [-0.05, 0) is 18.6 Å². The summed E-state index contributed by atoms with van der Waals surface area (Å²) in [7, 11) is 1.75. The standard InChI is InChI=1S/C12H14N4O2/c1-8-4-3-5-10(11(8)13)12(17)18-7-9-6-16(2)15-14-9/h3-6H,7,13H2,1-2H3. The molecule has 0 aliphatic heterocycles. The predicted octanol–water partition coefficient (Wildman–Crippen LogP) is 1.06. The van der Waals surface area contributed by atoms with E-state index in [1.807, 2.05) is 13.0 Å². The van der Waals surface area contributed by atoms with Crippen LogP contribution in [0.15, 0.2) is 24.4 Å². The van der Waals surface area contributed by atoms with Crippen LogP contribution in [0.3, 0.4) is 0 Å². The average Bonchev–Trinajstić information content (AvgIpc) is 2.76. The number of rotatable bonds is 3. The van der Waals surface area contributed by atoms with E-state index in [-0.39, 0.29) is 6.61 Å². The Labute approximate surface area is 104 Å². The summed E-state index contributed by atoms with van der Waals surface area (Å²) in [5, 5.41) is 7.58. The van der Waals surface area contributed by atoms with Crippen LogP contribution in [-0.2, 0) is 18.4 Å². The van der Waals surface area contributed by atoms with E-state index >= 15 is 0 Å². The van der Waals surface area contributed by atoms with E-state index in [0.717, 1.165) is 5.56 Å². The molecule has 1 aromatic heterocycles. The number of benzene rings is 1. The van der Waals surface area contributed by atoms with Gasteiger partial charge >= 0.3 is 5.97 Å². The summed E-state index contributed by atoms with van der Waals surface area (Å²) >= 11 is 0. The maximum atomic E-state index is 11.8. The summed E-state index contributed by atoms with van der Waals surface area (Å²) in [4.78, 5) is 11.8. The predicted molar refractivity (Wildman–Crippen MR) is 65.7 cm³/mol. The number of aryl methyl sites for hydroxylation is 2. The molecule has 0 saturated carbocycles. The van der Waals surface area contributed by atoms with E-state index in [1.54, 1.807) is 30.1 Å². The zero-order valence-electron chi connectivity index (χ0n) is 10.3. The Hall–Kier alpha value is -2.37. The van der Waals surface area contributed by atoms with Crippen molar-refractivity contribution in [1.82, 2.24) is 15.0 Å². The van der Waals surface area contributed by atoms with E-state index in [4.69, 9.17) is 10.5 Å². The molecule has 0 fully saturated rings. The van der Waals surface area contributed by atoms with Crippen LogP contribution < -0.4 is 5.73 Å². The number of anilines is 1. The van der Waals surface area contributed by atoms with Gasteiger partial charge in [0.1, 0.15) is 12.3 Å². The number of ether oxygens (including phenoxy) is 1. The van der Waals surface area contributed by atoms with Gasteiger partial charge in [0.2, 0.25) is 0 Å². The third-order valence-electron chi connectivity index (χ3n) is 2.55. The number of para-hydroxylation sites is 1. The quantitative estimate of drug-likeness (QED) is 0.646. The molecule has 2 rings (SSSR count). The van der Waals surface area contributed by atoms with Gasteiger partial charge in [-0.3, -0.25) is 4.68 Å². The van der Waals surface area contributed by atoms with Crippen LogP contribution in [0.2, 0.25) is 0 Å². The number of carbonyl (C=O) groups is 1. The molecule has 6 nitrogen and oxygen atoms in total. The molecule has 0 spiro atoms. The van der Waals surface area contributed by atoms with Gasteiger partial charge in [0.15, 0.2) is 0 Å². The third-order valence-corrected chi connectivity index (χ3v) is 2.55. The Morgan fingerprint density at radius 2 is 2.28 bits per heavy atom. The number of carbonyl (C=O) groups excluding carboxylic acids is 1. The number of hydrogen-bond acceptors (Lipinski definition) is 5. The van der Waals surface area contributed by atoms with Crippen molar-refractivity contribution < 1.29 is 9.53 Å². The monoisotopic (exact) mass is 246 g/mol. The van der Waals surface area contributed by atoms with Crippen LogP contribution in [0, 0.1) is 6.92 Å². The van der Waals surface area contributed by atoms with Crippen LogP contribution in [0.1, 0.15) is 21.6 Å². The Morgan fingerprint density at radius 1 is 1.50 bits per heavy atom. The topological polar surface area (TPSA) is 83.0 Å². The van der Waals surface area contributed by atoms with Crippen molar-refractivity contribution in [3.63, 3.8) is 0 Å². The molecule has 1 heterocycles. The molecule has 94 valence electrons. The SMILES string of the molecule is Cc1cccc(C(=O)OCc2cn(C)nn2)c1N. The molecule has 0 saturated heterocycles. The molecule has 6 heteroatoms. The number of nitrogens with two attached hydrogens (primary N) is 1. The molecule has 2 aromatic rings. The molecule has 0 atom stereocenters. The largest absolute Gasteiger partial charge is 0.455 e. The fourth-order valence-corrected chi connectivity index (χ4v) is 1.54. The number of nitrogen functional groups attached to an aromatic ring is 1. The van der Waals surface area contributed by atoms with Gasteiger partial charge in [0.25, 0.3) is 0 Å². The first kappa shape index (κ1) is 12.1. The normalized spacial score (nSPS) is 10.3. The van der Waals surface area contributed by atoms with E-state index in [9.17, 15) is 4.79 Å². The first-order valence-corrected chi connectivity index (χ1v) is 5.45. The minimum atomic E-state index is -0.457. The summed E-state index contributed by atoms with van der Waals surface area (Å²) in [5.74, 6) is -0.457. The maximum Gasteiger partial charge on any atom is 0.340 e. The first-order valence-electron chi connectivity index (χ1n) is 5.45. The average molecular weight is 246 g/mol. The zero-order chi connectivity index (χ0) is 13.1. The summed E-state index contributed by atoms with van der Waals surface area (Å²) in [5.41, 5.74) is 8.09. The third kappa shape index (κ3) is 2.48. The van der Waals surface area contributed by atoms with E-state index in [0.29, 0.717) is 16.9 Å². The van der Waals surface area contributed by atoms with Crippen LogP contribution in [-0.4, -0.2) is 21.0 Å². The van der Waals surface area contributed by atoms with Gasteiger partial charge in [0, 0.05) is 12.7 Å². The second-order valence-electron chi connectivity index (χ2n) is 4.00. The molecule has 0 aliphatic carbocycles. The van der Waals surface area contributed by atoms with Crippen molar-refractivity contribution in [2.45, 2.75) is 13.5 Å². The second kappa shape index (κ2) is 4.87. The molecule has 0 amide bonds. The van der Waals surface area contributed by atoms with Crippen molar-refractivity contribution in [3.05, 3.63) is 41.2 Å². The fourth-order valence-electron chi connectivity index (χ4n) is 1.54. The molecular formula is C12H14N4O2. The first-order chi connectivity index (χ1) is 8.58. The Bertz CT molecular complexity index is 577. The number of esters is 1. The van der Waals surface area contributed by atoms with Crippen molar-refractivity contribution in [3.8, 4) is 0 Å².